The molecule has 0 spiro atoms. The van der Waals surface area contributed by atoms with Gasteiger partial charge in [-0.25, -0.2) is 0 Å². The average molecular weight is 523 g/mol. The van der Waals surface area contributed by atoms with Crippen LogP contribution >= 0.6 is 24.8 Å². The molecule has 0 saturated carbocycles. The number of piperidine rings is 1. The van der Waals surface area contributed by atoms with Gasteiger partial charge in [0.1, 0.15) is 5.75 Å². The predicted molar refractivity (Wildman–Crippen MR) is 145 cm³/mol. The van der Waals surface area contributed by atoms with Gasteiger partial charge in [-0.05, 0) is 43.0 Å². The smallest absolute Gasteiger partial charge is 0.229 e. The molecule has 0 unspecified atom stereocenters. The molecule has 2 aliphatic rings. The van der Waals surface area contributed by atoms with E-state index in [1.807, 2.05) is 31.2 Å². The molecule has 8 heteroatoms. The number of carbonyl (C=O) groups is 2. The van der Waals surface area contributed by atoms with E-state index in [1.54, 1.807) is 0 Å². The third kappa shape index (κ3) is 7.60. The van der Waals surface area contributed by atoms with Gasteiger partial charge in [0, 0.05) is 45.6 Å². The van der Waals surface area contributed by atoms with Gasteiger partial charge in [-0.2, -0.15) is 0 Å². The SMILES string of the molecule is CC1CC(=O)N(Cc2cccc(CN3CCN(c4ccccc4OC(C)C)CC3)c2)C(=O)C1.Cl.Cl. The number of rotatable bonds is 7. The molecule has 2 aromatic carbocycles. The van der Waals surface area contributed by atoms with Crippen LogP contribution < -0.4 is 9.64 Å². The lowest BCUT2D eigenvalue weighted by Gasteiger charge is -2.37. The highest BCUT2D eigenvalue weighted by molar-refractivity contribution is 5.97. The standard InChI is InChI=1S/C27H35N3O3.2ClH/c1-20(2)33-25-10-5-4-9-24(25)29-13-11-28(12-14-29)18-22-7-6-8-23(17-22)19-30-26(31)15-21(3)16-27(30)32;;/h4-10,17,20-21H,11-16,18-19H2,1-3H3;2*1H. The zero-order chi connectivity index (χ0) is 23.4. The molecule has 2 aromatic rings. The zero-order valence-electron chi connectivity index (χ0n) is 20.8. The van der Waals surface area contributed by atoms with Crippen molar-refractivity contribution in [2.24, 2.45) is 5.92 Å². The van der Waals surface area contributed by atoms with Crippen molar-refractivity contribution >= 4 is 42.3 Å². The molecule has 2 heterocycles. The molecule has 6 nitrogen and oxygen atoms in total. The summed E-state index contributed by atoms with van der Waals surface area (Å²) in [6.45, 7) is 11.2. The first-order chi connectivity index (χ1) is 15.9. The number of piperazine rings is 1. The summed E-state index contributed by atoms with van der Waals surface area (Å²) in [4.78, 5) is 31.0. The van der Waals surface area contributed by atoms with Crippen molar-refractivity contribution in [3.05, 3.63) is 59.7 Å². The minimum Gasteiger partial charge on any atom is -0.489 e. The van der Waals surface area contributed by atoms with Crippen molar-refractivity contribution in [3.63, 3.8) is 0 Å². The molecule has 35 heavy (non-hydrogen) atoms. The van der Waals surface area contributed by atoms with Crippen molar-refractivity contribution in [1.29, 1.82) is 0 Å². The fraction of sp³-hybridized carbons (Fsp3) is 0.481. The number of nitrogens with zero attached hydrogens (tertiary/aromatic N) is 3. The topological polar surface area (TPSA) is 53.1 Å². The molecule has 2 fully saturated rings. The molecular formula is C27H37Cl2N3O3. The van der Waals surface area contributed by atoms with Crippen LogP contribution in [0.5, 0.6) is 5.75 Å². The zero-order valence-corrected chi connectivity index (χ0v) is 22.4. The molecule has 2 amide bonds. The Morgan fingerprint density at radius 1 is 0.857 bits per heavy atom. The fourth-order valence-corrected chi connectivity index (χ4v) is 4.69. The second-order valence-corrected chi connectivity index (χ2v) is 9.60. The third-order valence-corrected chi connectivity index (χ3v) is 6.33. The molecule has 4 rings (SSSR count). The summed E-state index contributed by atoms with van der Waals surface area (Å²) in [5.41, 5.74) is 3.40. The second kappa shape index (κ2) is 13.1. The number of anilines is 1. The van der Waals surface area contributed by atoms with Crippen LogP contribution in [0.2, 0.25) is 0 Å². The highest BCUT2D eigenvalue weighted by Crippen LogP contribution is 2.30. The van der Waals surface area contributed by atoms with Gasteiger partial charge < -0.3 is 9.64 Å². The molecule has 0 atom stereocenters. The van der Waals surface area contributed by atoms with Gasteiger partial charge in [0.25, 0.3) is 0 Å². The normalized spacial score (nSPS) is 17.3. The van der Waals surface area contributed by atoms with E-state index in [0.717, 1.165) is 49.7 Å². The maximum atomic E-state index is 12.3. The Hall–Kier alpha value is -2.28. The van der Waals surface area contributed by atoms with Crippen LogP contribution in [0.4, 0.5) is 5.69 Å². The summed E-state index contributed by atoms with van der Waals surface area (Å²) >= 11 is 0. The number of likely N-dealkylation sites (tertiary alicyclic amines) is 1. The van der Waals surface area contributed by atoms with Gasteiger partial charge in [0.2, 0.25) is 11.8 Å². The Kier molecular flexibility index (Phi) is 10.9. The number of ether oxygens (including phenoxy) is 1. The lowest BCUT2D eigenvalue weighted by Crippen LogP contribution is -2.46. The van der Waals surface area contributed by atoms with Crippen LogP contribution in [0.15, 0.2) is 48.5 Å². The van der Waals surface area contributed by atoms with E-state index in [4.69, 9.17) is 4.74 Å². The first-order valence-electron chi connectivity index (χ1n) is 12.0. The third-order valence-electron chi connectivity index (χ3n) is 6.33. The Morgan fingerprint density at radius 2 is 1.46 bits per heavy atom. The first kappa shape index (κ1) is 29.0. The van der Waals surface area contributed by atoms with E-state index < -0.39 is 0 Å². The highest BCUT2D eigenvalue weighted by atomic mass is 35.5. The van der Waals surface area contributed by atoms with Crippen molar-refractivity contribution in [2.45, 2.75) is 52.8 Å². The predicted octanol–water partition coefficient (Wildman–Crippen LogP) is 4.92. The van der Waals surface area contributed by atoms with Gasteiger partial charge in [0.15, 0.2) is 0 Å². The average Bonchev–Trinajstić information content (AvgIpc) is 2.77. The maximum Gasteiger partial charge on any atom is 0.229 e. The van der Waals surface area contributed by atoms with Crippen molar-refractivity contribution in [1.82, 2.24) is 9.80 Å². The molecule has 0 aromatic heterocycles. The van der Waals surface area contributed by atoms with Crippen LogP contribution in [0.1, 0.15) is 44.7 Å². The number of benzene rings is 2. The number of hydrogen-bond donors (Lipinski definition) is 0. The van der Waals surface area contributed by atoms with Crippen LogP contribution in [0.3, 0.4) is 0 Å². The van der Waals surface area contributed by atoms with Crippen molar-refractivity contribution < 1.29 is 14.3 Å². The Balaban J connectivity index is 0.00000216. The van der Waals surface area contributed by atoms with Gasteiger partial charge in [-0.3, -0.25) is 19.4 Å². The Labute approximate surface area is 221 Å². The summed E-state index contributed by atoms with van der Waals surface area (Å²) in [5, 5.41) is 0. The van der Waals surface area contributed by atoms with Crippen molar-refractivity contribution in [2.75, 3.05) is 31.1 Å². The molecule has 2 saturated heterocycles. The Morgan fingerprint density at radius 3 is 2.09 bits per heavy atom. The highest BCUT2D eigenvalue weighted by Gasteiger charge is 2.30. The second-order valence-electron chi connectivity index (χ2n) is 9.60. The molecule has 0 bridgehead atoms. The van der Waals surface area contributed by atoms with E-state index >= 15 is 0 Å². The van der Waals surface area contributed by atoms with E-state index in [2.05, 4.69) is 47.9 Å². The summed E-state index contributed by atoms with van der Waals surface area (Å²) in [6.07, 6.45) is 1.07. The van der Waals surface area contributed by atoms with Gasteiger partial charge in [0.05, 0.1) is 18.3 Å². The number of para-hydroxylation sites is 2. The molecule has 0 radical (unpaired) electrons. The van der Waals surface area contributed by atoms with Gasteiger partial charge >= 0.3 is 0 Å². The minimum absolute atomic E-state index is 0. The number of halogens is 2. The van der Waals surface area contributed by atoms with Gasteiger partial charge in [-0.1, -0.05) is 43.3 Å². The summed E-state index contributed by atoms with van der Waals surface area (Å²) in [5.74, 6) is 0.990. The monoisotopic (exact) mass is 521 g/mol. The lowest BCUT2D eigenvalue weighted by atomic mass is 9.97. The fourth-order valence-electron chi connectivity index (χ4n) is 4.69. The van der Waals surface area contributed by atoms with Crippen LogP contribution in [0, 0.1) is 5.92 Å². The molecule has 192 valence electrons. The van der Waals surface area contributed by atoms with Crippen LogP contribution in [-0.4, -0.2) is 53.9 Å². The molecule has 0 N–H and O–H groups in total. The summed E-state index contributed by atoms with van der Waals surface area (Å²) < 4.78 is 6.01. The van der Waals surface area contributed by atoms with Crippen LogP contribution in [0.25, 0.3) is 0 Å². The maximum absolute atomic E-state index is 12.3. The van der Waals surface area contributed by atoms with E-state index in [0.29, 0.717) is 19.4 Å². The number of imide groups is 1. The van der Waals surface area contributed by atoms with Crippen LogP contribution in [-0.2, 0) is 22.7 Å². The number of hydrogen-bond acceptors (Lipinski definition) is 5. The van der Waals surface area contributed by atoms with E-state index in [9.17, 15) is 9.59 Å². The molecule has 2 aliphatic heterocycles. The first-order valence-corrected chi connectivity index (χ1v) is 12.0. The van der Waals surface area contributed by atoms with E-state index in [1.165, 1.54) is 10.5 Å². The van der Waals surface area contributed by atoms with Gasteiger partial charge in [-0.15, -0.1) is 24.8 Å². The molecular weight excluding hydrogens is 485 g/mol. The van der Waals surface area contributed by atoms with Crippen molar-refractivity contribution in [3.8, 4) is 5.75 Å². The summed E-state index contributed by atoms with van der Waals surface area (Å²) in [7, 11) is 0. The molecule has 0 aliphatic carbocycles. The van der Waals surface area contributed by atoms with E-state index in [-0.39, 0.29) is 48.7 Å². The lowest BCUT2D eigenvalue weighted by molar-refractivity contribution is -0.150. The largest absolute Gasteiger partial charge is 0.489 e. The minimum atomic E-state index is -0.0537. The quantitative estimate of drug-likeness (QED) is 0.483. The Bertz CT molecular complexity index is 975. The number of amides is 2. The number of carbonyl (C=O) groups excluding carboxylic acids is 2. The summed E-state index contributed by atoms with van der Waals surface area (Å²) in [6, 6.07) is 16.6.